The predicted molar refractivity (Wildman–Crippen MR) is 17.5 cm³/mol. The van der Waals surface area contributed by atoms with E-state index in [2.05, 4.69) is 0 Å². The van der Waals surface area contributed by atoms with Gasteiger partial charge in [0.25, 0.3) is 0 Å². The third kappa shape index (κ3) is 55.2. The van der Waals surface area contributed by atoms with Gasteiger partial charge >= 0.3 is 56.5 Å². The third-order valence-electron chi connectivity index (χ3n) is 0. The second kappa shape index (κ2) is 4.84. The Balaban J connectivity index is -0.0000000450. The molecule has 0 aromatic carbocycles. The number of carbonyl (C=O) groups is 1. The molecule has 3 nitrogen and oxygen atoms in total. The van der Waals surface area contributed by atoms with Crippen molar-refractivity contribution in [3.8, 4) is 0 Å². The van der Waals surface area contributed by atoms with Crippen LogP contribution in [0, 0.1) is 0 Å². The van der Waals surface area contributed by atoms with Crippen LogP contribution in [0.25, 0.3) is 0 Å². The van der Waals surface area contributed by atoms with E-state index in [1.165, 1.54) is 0 Å². The minimum absolute atomic E-state index is 0. The number of rotatable bonds is 0. The third-order valence-corrected chi connectivity index (χ3v) is 0. The van der Waals surface area contributed by atoms with Crippen molar-refractivity contribution in [2.45, 2.75) is 0 Å². The molecule has 0 aliphatic heterocycles. The summed E-state index contributed by atoms with van der Waals surface area (Å²) in [7, 11) is 0. The molecular formula is CH3BaO3+3. The number of hydrogen-bond acceptors (Lipinski definition) is 1. The van der Waals surface area contributed by atoms with Crippen LogP contribution >= 0.6 is 0 Å². The SMILES string of the molecule is O=C(O)O.[Ba+2].[H+]. The van der Waals surface area contributed by atoms with Crippen LogP contribution in [0.3, 0.4) is 0 Å². The molecule has 0 aromatic rings. The van der Waals surface area contributed by atoms with E-state index in [0.717, 1.165) is 0 Å². The van der Waals surface area contributed by atoms with Crippen molar-refractivity contribution in [2.24, 2.45) is 0 Å². The van der Waals surface area contributed by atoms with Crippen molar-refractivity contribution in [2.75, 3.05) is 0 Å². The Hall–Kier alpha value is 0.841. The number of carboxylic acid groups (broad SMARTS) is 2. The molecule has 0 saturated carbocycles. The van der Waals surface area contributed by atoms with Crippen LogP contribution in [0.4, 0.5) is 4.79 Å². The second-order valence-electron chi connectivity index (χ2n) is 0.283. The van der Waals surface area contributed by atoms with Gasteiger partial charge < -0.3 is 10.2 Å². The van der Waals surface area contributed by atoms with Crippen LogP contribution in [0.1, 0.15) is 1.43 Å². The van der Waals surface area contributed by atoms with Crippen LogP contribution in [0.15, 0.2) is 0 Å². The van der Waals surface area contributed by atoms with Gasteiger partial charge in [0.1, 0.15) is 0 Å². The van der Waals surface area contributed by atoms with E-state index < -0.39 is 6.16 Å². The van der Waals surface area contributed by atoms with Gasteiger partial charge in [0.2, 0.25) is 0 Å². The van der Waals surface area contributed by atoms with Gasteiger partial charge in [-0.3, -0.25) is 0 Å². The van der Waals surface area contributed by atoms with Gasteiger partial charge in [-0.15, -0.1) is 0 Å². The van der Waals surface area contributed by atoms with E-state index in [4.69, 9.17) is 15.0 Å². The smallest absolute Gasteiger partial charge is 0.450 e. The van der Waals surface area contributed by atoms with Crippen LogP contribution < -0.4 is 0 Å². The van der Waals surface area contributed by atoms with Gasteiger partial charge in [0, 0.05) is 0 Å². The van der Waals surface area contributed by atoms with Gasteiger partial charge in [-0.1, -0.05) is 0 Å². The summed E-state index contributed by atoms with van der Waals surface area (Å²) >= 11 is 0. The number of hydrogen-bond donors (Lipinski definition) is 2. The Morgan fingerprint density at radius 2 is 1.60 bits per heavy atom. The summed E-state index contributed by atoms with van der Waals surface area (Å²) < 4.78 is 0. The molecule has 0 bridgehead atoms. The van der Waals surface area contributed by atoms with E-state index in [-0.39, 0.29) is 50.3 Å². The van der Waals surface area contributed by atoms with E-state index in [1.54, 1.807) is 0 Å². The molecule has 0 saturated heterocycles. The molecule has 5 heavy (non-hydrogen) atoms. The fourth-order valence-electron chi connectivity index (χ4n) is 0. The van der Waals surface area contributed by atoms with Gasteiger partial charge in [-0.25, -0.2) is 4.79 Å². The molecule has 0 heterocycles. The first-order valence-corrected chi connectivity index (χ1v) is 0.651. The molecule has 0 rings (SSSR count). The van der Waals surface area contributed by atoms with E-state index in [0.29, 0.717) is 0 Å². The molecule has 0 spiro atoms. The van der Waals surface area contributed by atoms with E-state index in [1.807, 2.05) is 0 Å². The second-order valence-corrected chi connectivity index (χ2v) is 0.283. The van der Waals surface area contributed by atoms with Crippen LogP contribution in [-0.2, 0) is 0 Å². The quantitative estimate of drug-likeness (QED) is 0.539. The summed E-state index contributed by atoms with van der Waals surface area (Å²) in [6, 6.07) is 0. The molecule has 0 aliphatic carbocycles. The first kappa shape index (κ1) is 9.28. The molecule has 0 atom stereocenters. The molecular weight excluding hydrogens is 197 g/mol. The zero-order valence-electron chi connectivity index (χ0n) is 3.51. The van der Waals surface area contributed by atoms with Gasteiger partial charge in [-0.2, -0.15) is 0 Å². The minimum atomic E-state index is -1.83. The Labute approximate surface area is 70.6 Å². The van der Waals surface area contributed by atoms with E-state index in [9.17, 15) is 0 Å². The molecule has 0 radical (unpaired) electrons. The minimum Gasteiger partial charge on any atom is -0.450 e. The maximum atomic E-state index is 8.56. The molecule has 0 aromatic heterocycles. The molecule has 4 heteroatoms. The average Bonchev–Trinajstić information content (AvgIpc) is 0.811. The summed E-state index contributed by atoms with van der Waals surface area (Å²) in [6.45, 7) is 0. The summed E-state index contributed by atoms with van der Waals surface area (Å²) in [5.41, 5.74) is 0. The normalized spacial score (nSPS) is 4.80. The molecule has 0 unspecified atom stereocenters. The van der Waals surface area contributed by atoms with E-state index >= 15 is 0 Å². The van der Waals surface area contributed by atoms with Crippen molar-refractivity contribution < 1.29 is 16.4 Å². The van der Waals surface area contributed by atoms with Crippen LogP contribution in [-0.4, -0.2) is 65.2 Å². The summed E-state index contributed by atoms with van der Waals surface area (Å²) in [6.07, 6.45) is -1.83. The first-order chi connectivity index (χ1) is 1.73. The predicted octanol–water partition coefficient (Wildman–Crippen LogP) is -0.0459. The standard InChI is InChI=1S/CH2O3.Ba/c2-1(3)4;/h(H2,2,3,4);/q;+2/p+1. The van der Waals surface area contributed by atoms with Crippen LogP contribution in [0.2, 0.25) is 0 Å². The summed E-state index contributed by atoms with van der Waals surface area (Å²) in [5.74, 6) is 0. The summed E-state index contributed by atoms with van der Waals surface area (Å²) in [5, 5.41) is 13.9. The Kier molecular flexibility index (Phi) is 8.98. The van der Waals surface area contributed by atoms with Crippen molar-refractivity contribution >= 4 is 55.0 Å². The van der Waals surface area contributed by atoms with Gasteiger partial charge in [-0.05, 0) is 0 Å². The molecule has 2 N–H and O–H groups in total. The zero-order chi connectivity index (χ0) is 3.58. The Morgan fingerprint density at radius 1 is 1.60 bits per heavy atom. The zero-order valence-corrected chi connectivity index (χ0v) is 6.95. The maximum Gasteiger partial charge on any atom is 2.00 e. The maximum absolute atomic E-state index is 8.56. The summed E-state index contributed by atoms with van der Waals surface area (Å²) in [4.78, 5) is 8.56. The molecule has 24 valence electrons. The van der Waals surface area contributed by atoms with Crippen molar-refractivity contribution in [1.29, 1.82) is 0 Å². The first-order valence-electron chi connectivity index (χ1n) is 0.651. The van der Waals surface area contributed by atoms with Gasteiger partial charge in [0.15, 0.2) is 0 Å². The van der Waals surface area contributed by atoms with Crippen LogP contribution in [0.5, 0.6) is 0 Å². The Bertz CT molecular complexity index is 33.8. The van der Waals surface area contributed by atoms with Crippen molar-refractivity contribution in [3.63, 3.8) is 0 Å². The van der Waals surface area contributed by atoms with Crippen molar-refractivity contribution in [1.82, 2.24) is 0 Å². The fourth-order valence-corrected chi connectivity index (χ4v) is 0. The molecule has 0 fully saturated rings. The monoisotopic (exact) mass is 201 g/mol. The molecule has 0 amide bonds. The fraction of sp³-hybridized carbons (Fsp3) is 0. The Morgan fingerprint density at radius 3 is 1.60 bits per heavy atom. The average molecular weight is 200 g/mol. The topological polar surface area (TPSA) is 57.5 Å². The largest absolute Gasteiger partial charge is 2.00 e. The molecule has 0 aliphatic rings. The van der Waals surface area contributed by atoms with Gasteiger partial charge in [0.05, 0.1) is 0 Å². The van der Waals surface area contributed by atoms with Crippen molar-refractivity contribution in [3.05, 3.63) is 0 Å².